The molecule has 0 atom stereocenters. The summed E-state index contributed by atoms with van der Waals surface area (Å²) in [6.45, 7) is 1.39. The molecule has 15 heavy (non-hydrogen) atoms. The van der Waals surface area contributed by atoms with Crippen molar-refractivity contribution in [3.05, 3.63) is 23.5 Å². The SMILES string of the molecule is CC(=O)c1cc(C(=O)CC(=O)O)n(C)c1. The van der Waals surface area contributed by atoms with Crippen LogP contribution in [0.4, 0.5) is 0 Å². The van der Waals surface area contributed by atoms with Crippen molar-refractivity contribution in [2.75, 3.05) is 0 Å². The molecule has 5 heteroatoms. The van der Waals surface area contributed by atoms with E-state index in [1.165, 1.54) is 23.8 Å². The predicted octanol–water partition coefficient (Wildman–Crippen LogP) is 0.885. The molecule has 0 spiro atoms. The van der Waals surface area contributed by atoms with Crippen molar-refractivity contribution in [1.29, 1.82) is 0 Å². The van der Waals surface area contributed by atoms with Gasteiger partial charge in [-0.15, -0.1) is 0 Å². The van der Waals surface area contributed by atoms with Crippen LogP contribution in [0.3, 0.4) is 0 Å². The number of carbonyl (C=O) groups is 3. The fourth-order valence-corrected chi connectivity index (χ4v) is 1.26. The Morgan fingerprint density at radius 3 is 2.40 bits per heavy atom. The molecule has 5 nitrogen and oxygen atoms in total. The zero-order valence-corrected chi connectivity index (χ0v) is 8.48. The molecular weight excluding hydrogens is 198 g/mol. The number of carbonyl (C=O) groups excluding carboxylic acids is 2. The van der Waals surface area contributed by atoms with Gasteiger partial charge >= 0.3 is 5.97 Å². The normalized spacial score (nSPS) is 10.0. The Kier molecular flexibility index (Phi) is 3.04. The molecule has 80 valence electrons. The van der Waals surface area contributed by atoms with Crippen molar-refractivity contribution in [3.63, 3.8) is 0 Å². The monoisotopic (exact) mass is 209 g/mol. The maximum Gasteiger partial charge on any atom is 0.311 e. The highest BCUT2D eigenvalue weighted by Crippen LogP contribution is 2.10. The molecule has 1 aromatic rings. The van der Waals surface area contributed by atoms with Crippen LogP contribution < -0.4 is 0 Å². The molecule has 1 N–H and O–H groups in total. The maximum absolute atomic E-state index is 11.4. The lowest BCUT2D eigenvalue weighted by Crippen LogP contribution is -2.10. The fourth-order valence-electron chi connectivity index (χ4n) is 1.26. The standard InChI is InChI=1S/C10H11NO4/c1-6(12)7-3-8(11(2)5-7)9(13)4-10(14)15/h3,5H,4H2,1-2H3,(H,14,15). The zero-order chi connectivity index (χ0) is 11.6. The molecule has 0 saturated carbocycles. The smallest absolute Gasteiger partial charge is 0.311 e. The van der Waals surface area contributed by atoms with Gasteiger partial charge < -0.3 is 9.67 Å². The number of carboxylic acid groups (broad SMARTS) is 1. The summed E-state index contributed by atoms with van der Waals surface area (Å²) in [5, 5.41) is 8.46. The quantitative estimate of drug-likeness (QED) is 0.590. The minimum absolute atomic E-state index is 0.153. The largest absolute Gasteiger partial charge is 0.481 e. The van der Waals surface area contributed by atoms with E-state index in [1.54, 1.807) is 7.05 Å². The summed E-state index contributed by atoms with van der Waals surface area (Å²) in [6.07, 6.45) is 0.951. The van der Waals surface area contributed by atoms with Gasteiger partial charge in [-0.3, -0.25) is 14.4 Å². The number of aryl methyl sites for hydroxylation is 1. The van der Waals surface area contributed by atoms with Crippen LogP contribution in [0.5, 0.6) is 0 Å². The lowest BCUT2D eigenvalue weighted by molar-refractivity contribution is -0.135. The third-order valence-corrected chi connectivity index (χ3v) is 2.01. The Morgan fingerprint density at radius 2 is 2.00 bits per heavy atom. The number of nitrogens with zero attached hydrogens (tertiary/aromatic N) is 1. The molecule has 0 radical (unpaired) electrons. The summed E-state index contributed by atoms with van der Waals surface area (Å²) in [5.74, 6) is -1.83. The predicted molar refractivity (Wildman–Crippen MR) is 52.0 cm³/mol. The molecule has 0 aromatic carbocycles. The van der Waals surface area contributed by atoms with E-state index in [2.05, 4.69) is 0 Å². The number of hydrogen-bond acceptors (Lipinski definition) is 3. The van der Waals surface area contributed by atoms with Crippen molar-refractivity contribution < 1.29 is 19.5 Å². The number of aliphatic carboxylic acids is 1. The van der Waals surface area contributed by atoms with Gasteiger partial charge in [0.05, 0.1) is 5.69 Å². The maximum atomic E-state index is 11.4. The number of Topliss-reactive ketones (excluding diaryl/α,β-unsaturated/α-hetero) is 2. The summed E-state index contributed by atoms with van der Waals surface area (Å²) >= 11 is 0. The Balaban J connectivity index is 2.99. The lowest BCUT2D eigenvalue weighted by Gasteiger charge is -1.98. The Morgan fingerprint density at radius 1 is 1.40 bits per heavy atom. The molecule has 0 amide bonds. The number of ketones is 2. The molecule has 0 aliphatic carbocycles. The Hall–Kier alpha value is -1.91. The van der Waals surface area contributed by atoms with Crippen LogP contribution >= 0.6 is 0 Å². The lowest BCUT2D eigenvalue weighted by atomic mass is 10.2. The van der Waals surface area contributed by atoms with E-state index < -0.39 is 18.2 Å². The number of hydrogen-bond donors (Lipinski definition) is 1. The van der Waals surface area contributed by atoms with Crippen molar-refractivity contribution >= 4 is 17.5 Å². The average Bonchev–Trinajstić information content (AvgIpc) is 2.46. The van der Waals surface area contributed by atoms with E-state index >= 15 is 0 Å². The summed E-state index contributed by atoms with van der Waals surface area (Å²) in [6, 6.07) is 1.41. The van der Waals surface area contributed by atoms with Gasteiger partial charge in [0.1, 0.15) is 6.42 Å². The van der Waals surface area contributed by atoms with E-state index in [4.69, 9.17) is 5.11 Å². The van der Waals surface area contributed by atoms with Crippen LogP contribution in [0.1, 0.15) is 34.2 Å². The average molecular weight is 209 g/mol. The first-order valence-corrected chi connectivity index (χ1v) is 4.34. The van der Waals surface area contributed by atoms with Gasteiger partial charge in [0.2, 0.25) is 0 Å². The molecule has 0 aliphatic rings. The zero-order valence-electron chi connectivity index (χ0n) is 8.48. The first kappa shape index (κ1) is 11.2. The number of carboxylic acids is 1. The summed E-state index contributed by atoms with van der Waals surface area (Å²) < 4.78 is 1.46. The Labute approximate surface area is 86.3 Å². The molecule has 0 unspecified atom stereocenters. The van der Waals surface area contributed by atoms with Crippen LogP contribution in [0.25, 0.3) is 0 Å². The minimum atomic E-state index is -1.18. The molecule has 0 saturated heterocycles. The van der Waals surface area contributed by atoms with Crippen LogP contribution in [0, 0.1) is 0 Å². The fraction of sp³-hybridized carbons (Fsp3) is 0.300. The second kappa shape index (κ2) is 4.08. The molecule has 0 aliphatic heterocycles. The van der Waals surface area contributed by atoms with Crippen molar-refractivity contribution in [3.8, 4) is 0 Å². The molecule has 1 aromatic heterocycles. The first-order chi connectivity index (χ1) is 6.91. The summed E-state index contributed by atoms with van der Waals surface area (Å²) in [4.78, 5) is 32.8. The molecule has 0 bridgehead atoms. The van der Waals surface area contributed by atoms with Crippen LogP contribution in [-0.2, 0) is 11.8 Å². The minimum Gasteiger partial charge on any atom is -0.481 e. The number of rotatable bonds is 4. The van der Waals surface area contributed by atoms with E-state index in [1.807, 2.05) is 0 Å². The van der Waals surface area contributed by atoms with Crippen molar-refractivity contribution in [2.45, 2.75) is 13.3 Å². The van der Waals surface area contributed by atoms with Crippen molar-refractivity contribution in [1.82, 2.24) is 4.57 Å². The van der Waals surface area contributed by atoms with E-state index in [0.717, 1.165) is 0 Å². The topological polar surface area (TPSA) is 76.4 Å². The van der Waals surface area contributed by atoms with Crippen LogP contribution in [-0.4, -0.2) is 27.2 Å². The van der Waals surface area contributed by atoms with Crippen molar-refractivity contribution in [2.24, 2.45) is 7.05 Å². The second-order valence-electron chi connectivity index (χ2n) is 3.27. The Bertz CT molecular complexity index is 431. The third kappa shape index (κ3) is 2.52. The van der Waals surface area contributed by atoms with E-state index in [0.29, 0.717) is 5.56 Å². The van der Waals surface area contributed by atoms with Crippen LogP contribution in [0.2, 0.25) is 0 Å². The molecule has 1 rings (SSSR count). The highest BCUT2D eigenvalue weighted by atomic mass is 16.4. The van der Waals surface area contributed by atoms with E-state index in [9.17, 15) is 14.4 Å². The van der Waals surface area contributed by atoms with Gasteiger partial charge in [0.25, 0.3) is 0 Å². The van der Waals surface area contributed by atoms with Crippen LogP contribution in [0.15, 0.2) is 12.3 Å². The highest BCUT2D eigenvalue weighted by Gasteiger charge is 2.16. The molecule has 0 fully saturated rings. The highest BCUT2D eigenvalue weighted by molar-refractivity contribution is 6.06. The molecule has 1 heterocycles. The van der Waals surface area contributed by atoms with Gasteiger partial charge in [0.15, 0.2) is 11.6 Å². The number of aromatic nitrogens is 1. The summed E-state index contributed by atoms with van der Waals surface area (Å²) in [7, 11) is 1.60. The first-order valence-electron chi connectivity index (χ1n) is 4.34. The second-order valence-corrected chi connectivity index (χ2v) is 3.27. The van der Waals surface area contributed by atoms with Gasteiger partial charge in [-0.1, -0.05) is 0 Å². The van der Waals surface area contributed by atoms with Gasteiger partial charge in [-0.05, 0) is 13.0 Å². The van der Waals surface area contributed by atoms with Gasteiger partial charge in [-0.25, -0.2) is 0 Å². The molecular formula is C10H11NO4. The van der Waals surface area contributed by atoms with Gasteiger partial charge in [0, 0.05) is 18.8 Å². The third-order valence-electron chi connectivity index (χ3n) is 2.01. The summed E-state index contributed by atoms with van der Waals surface area (Å²) in [5.41, 5.74) is 0.647. The van der Waals surface area contributed by atoms with E-state index in [-0.39, 0.29) is 11.5 Å². The van der Waals surface area contributed by atoms with Gasteiger partial charge in [-0.2, -0.15) is 0 Å².